The lowest BCUT2D eigenvalue weighted by molar-refractivity contribution is -0.117. The SMILES string of the molecule is CSc1cccc(NC(=O)CN2CCN(S(=O)(=O)c3ccc(C)cc3)CC2)c1. The maximum atomic E-state index is 12.8. The summed E-state index contributed by atoms with van der Waals surface area (Å²) in [6.07, 6.45) is 1.99. The van der Waals surface area contributed by atoms with Crippen LogP contribution >= 0.6 is 11.8 Å². The Labute approximate surface area is 171 Å². The van der Waals surface area contributed by atoms with Gasteiger partial charge in [-0.15, -0.1) is 11.8 Å². The van der Waals surface area contributed by atoms with Crippen LogP contribution in [0.3, 0.4) is 0 Å². The molecule has 1 aliphatic rings. The van der Waals surface area contributed by atoms with Crippen molar-refractivity contribution in [3.8, 4) is 0 Å². The minimum atomic E-state index is -3.48. The molecule has 0 saturated carbocycles. The summed E-state index contributed by atoms with van der Waals surface area (Å²) in [6, 6.07) is 14.6. The van der Waals surface area contributed by atoms with Gasteiger partial charge in [0.15, 0.2) is 0 Å². The number of nitrogens with zero attached hydrogens (tertiary/aromatic N) is 2. The number of thioether (sulfide) groups is 1. The summed E-state index contributed by atoms with van der Waals surface area (Å²) in [7, 11) is -3.48. The number of hydrogen-bond donors (Lipinski definition) is 1. The van der Waals surface area contributed by atoms with Crippen molar-refractivity contribution in [1.29, 1.82) is 0 Å². The van der Waals surface area contributed by atoms with Crippen LogP contribution in [0.5, 0.6) is 0 Å². The van der Waals surface area contributed by atoms with E-state index in [0.717, 1.165) is 16.1 Å². The average Bonchev–Trinajstić information content (AvgIpc) is 2.69. The molecule has 1 saturated heterocycles. The van der Waals surface area contributed by atoms with Gasteiger partial charge in [0, 0.05) is 36.8 Å². The van der Waals surface area contributed by atoms with Crippen LogP contribution in [0, 0.1) is 6.92 Å². The van der Waals surface area contributed by atoms with Gasteiger partial charge in [-0.05, 0) is 43.5 Å². The predicted octanol–water partition coefficient (Wildman–Crippen LogP) is 2.66. The first kappa shape index (κ1) is 20.9. The monoisotopic (exact) mass is 419 g/mol. The highest BCUT2D eigenvalue weighted by Crippen LogP contribution is 2.20. The molecule has 1 heterocycles. The van der Waals surface area contributed by atoms with Crippen LogP contribution in [-0.2, 0) is 14.8 Å². The maximum absolute atomic E-state index is 12.8. The van der Waals surface area contributed by atoms with Gasteiger partial charge in [0.25, 0.3) is 0 Å². The molecular weight excluding hydrogens is 394 g/mol. The Bertz CT molecular complexity index is 922. The molecule has 0 atom stereocenters. The van der Waals surface area contributed by atoms with Crippen molar-refractivity contribution in [3.05, 3.63) is 54.1 Å². The maximum Gasteiger partial charge on any atom is 0.243 e. The lowest BCUT2D eigenvalue weighted by Gasteiger charge is -2.33. The zero-order valence-corrected chi connectivity index (χ0v) is 17.7. The van der Waals surface area contributed by atoms with Gasteiger partial charge in [-0.25, -0.2) is 8.42 Å². The van der Waals surface area contributed by atoms with Crippen LogP contribution < -0.4 is 5.32 Å². The van der Waals surface area contributed by atoms with Gasteiger partial charge in [0.2, 0.25) is 15.9 Å². The molecule has 0 aliphatic carbocycles. The van der Waals surface area contributed by atoms with Gasteiger partial charge in [-0.2, -0.15) is 4.31 Å². The Morgan fingerprint density at radius 2 is 1.75 bits per heavy atom. The van der Waals surface area contributed by atoms with Crippen LogP contribution in [0.1, 0.15) is 5.56 Å². The lowest BCUT2D eigenvalue weighted by atomic mass is 10.2. The Balaban J connectivity index is 1.53. The smallest absolute Gasteiger partial charge is 0.243 e. The van der Waals surface area contributed by atoms with Crippen LogP contribution in [0.25, 0.3) is 0 Å². The van der Waals surface area contributed by atoms with E-state index in [4.69, 9.17) is 0 Å². The topological polar surface area (TPSA) is 69.7 Å². The molecule has 1 amide bonds. The zero-order valence-electron chi connectivity index (χ0n) is 16.1. The minimum absolute atomic E-state index is 0.0897. The van der Waals surface area contributed by atoms with E-state index in [1.807, 2.05) is 42.3 Å². The number of piperazine rings is 1. The van der Waals surface area contributed by atoms with Gasteiger partial charge in [-0.3, -0.25) is 9.69 Å². The Morgan fingerprint density at radius 1 is 1.07 bits per heavy atom. The van der Waals surface area contributed by atoms with E-state index in [-0.39, 0.29) is 12.5 Å². The minimum Gasteiger partial charge on any atom is -0.325 e. The predicted molar refractivity (Wildman–Crippen MR) is 113 cm³/mol. The van der Waals surface area contributed by atoms with E-state index in [2.05, 4.69) is 5.32 Å². The molecule has 0 radical (unpaired) electrons. The Hall–Kier alpha value is -1.87. The highest BCUT2D eigenvalue weighted by molar-refractivity contribution is 7.98. The van der Waals surface area contributed by atoms with Crippen LogP contribution in [0.15, 0.2) is 58.3 Å². The van der Waals surface area contributed by atoms with Crippen molar-refractivity contribution < 1.29 is 13.2 Å². The third-order valence-corrected chi connectivity index (χ3v) is 7.35. The summed E-state index contributed by atoms with van der Waals surface area (Å²) in [5, 5.41) is 2.91. The number of anilines is 1. The van der Waals surface area contributed by atoms with Crippen LogP contribution in [0.2, 0.25) is 0 Å². The number of carbonyl (C=O) groups excluding carboxylic acids is 1. The quantitative estimate of drug-likeness (QED) is 0.729. The Kier molecular flexibility index (Phi) is 6.77. The summed E-state index contributed by atoms with van der Waals surface area (Å²) in [4.78, 5) is 15.7. The van der Waals surface area contributed by atoms with E-state index >= 15 is 0 Å². The van der Waals surface area contributed by atoms with E-state index < -0.39 is 10.0 Å². The fourth-order valence-electron chi connectivity index (χ4n) is 3.09. The molecule has 0 bridgehead atoms. The molecule has 0 unspecified atom stereocenters. The first-order chi connectivity index (χ1) is 13.4. The normalized spacial score (nSPS) is 16.1. The molecule has 1 aliphatic heterocycles. The van der Waals surface area contributed by atoms with Gasteiger partial charge in [0.1, 0.15) is 0 Å². The molecule has 2 aromatic rings. The lowest BCUT2D eigenvalue weighted by Crippen LogP contribution is -2.50. The zero-order chi connectivity index (χ0) is 20.1. The summed E-state index contributed by atoms with van der Waals surface area (Å²) in [6.45, 7) is 4.00. The van der Waals surface area contributed by atoms with Crippen LogP contribution in [-0.4, -0.2) is 62.5 Å². The highest BCUT2D eigenvalue weighted by atomic mass is 32.2. The molecule has 0 aromatic heterocycles. The first-order valence-electron chi connectivity index (χ1n) is 9.11. The van der Waals surface area contributed by atoms with Gasteiger partial charge < -0.3 is 5.32 Å². The molecule has 1 fully saturated rings. The second-order valence-electron chi connectivity index (χ2n) is 6.77. The van der Waals surface area contributed by atoms with Crippen molar-refractivity contribution in [2.45, 2.75) is 16.7 Å². The molecule has 8 heteroatoms. The van der Waals surface area contributed by atoms with Gasteiger partial charge >= 0.3 is 0 Å². The molecule has 150 valence electrons. The van der Waals surface area contributed by atoms with E-state index in [9.17, 15) is 13.2 Å². The van der Waals surface area contributed by atoms with E-state index in [1.165, 1.54) is 4.31 Å². The molecule has 2 aromatic carbocycles. The molecule has 6 nitrogen and oxygen atoms in total. The third-order valence-electron chi connectivity index (χ3n) is 4.71. The number of aryl methyl sites for hydroxylation is 1. The summed E-state index contributed by atoms with van der Waals surface area (Å²) in [5.74, 6) is -0.0897. The number of sulfonamides is 1. The summed E-state index contributed by atoms with van der Waals surface area (Å²) >= 11 is 1.62. The van der Waals surface area contributed by atoms with Crippen molar-refractivity contribution in [2.75, 3.05) is 44.3 Å². The summed E-state index contributed by atoms with van der Waals surface area (Å²) in [5.41, 5.74) is 1.80. The van der Waals surface area contributed by atoms with E-state index in [0.29, 0.717) is 31.1 Å². The fourth-order valence-corrected chi connectivity index (χ4v) is 4.97. The third kappa shape index (κ3) is 5.14. The van der Waals surface area contributed by atoms with Crippen molar-refractivity contribution in [1.82, 2.24) is 9.21 Å². The second kappa shape index (κ2) is 9.09. The standard InChI is InChI=1S/C20H25N3O3S2/c1-16-6-8-19(9-7-16)28(25,26)23-12-10-22(11-13-23)15-20(24)21-17-4-3-5-18(14-17)27-2/h3-9,14H,10-13,15H2,1-2H3,(H,21,24). The van der Waals surface area contributed by atoms with E-state index in [1.54, 1.807) is 36.0 Å². The number of nitrogens with one attached hydrogen (secondary N) is 1. The van der Waals surface area contributed by atoms with Crippen molar-refractivity contribution >= 4 is 33.4 Å². The number of carbonyl (C=O) groups is 1. The van der Waals surface area contributed by atoms with Crippen molar-refractivity contribution in [2.24, 2.45) is 0 Å². The average molecular weight is 420 g/mol. The summed E-state index contributed by atoms with van der Waals surface area (Å²) < 4.78 is 27.0. The molecule has 28 heavy (non-hydrogen) atoms. The molecular formula is C20H25N3O3S2. The number of rotatable bonds is 6. The van der Waals surface area contributed by atoms with Crippen molar-refractivity contribution in [3.63, 3.8) is 0 Å². The first-order valence-corrected chi connectivity index (χ1v) is 11.8. The number of benzene rings is 2. The highest BCUT2D eigenvalue weighted by Gasteiger charge is 2.28. The fraction of sp³-hybridized carbons (Fsp3) is 0.350. The molecule has 1 N–H and O–H groups in total. The second-order valence-corrected chi connectivity index (χ2v) is 9.59. The molecule has 0 spiro atoms. The Morgan fingerprint density at radius 3 is 2.39 bits per heavy atom. The van der Waals surface area contributed by atoms with Crippen LogP contribution in [0.4, 0.5) is 5.69 Å². The molecule has 3 rings (SSSR count). The van der Waals surface area contributed by atoms with Gasteiger partial charge in [-0.1, -0.05) is 23.8 Å². The largest absolute Gasteiger partial charge is 0.325 e. The number of amides is 1. The van der Waals surface area contributed by atoms with Gasteiger partial charge in [0.05, 0.1) is 11.4 Å². The number of hydrogen-bond acceptors (Lipinski definition) is 5.